The number of amides is 1. The van der Waals surface area contributed by atoms with Crippen molar-refractivity contribution in [2.75, 3.05) is 11.9 Å². The van der Waals surface area contributed by atoms with Crippen LogP contribution in [0.2, 0.25) is 0 Å². The number of aryl methyl sites for hydroxylation is 2. The fraction of sp³-hybridized carbons (Fsp3) is 0.400. The molecule has 0 bridgehead atoms. The largest absolute Gasteiger partial charge is 0.376 e. The number of rotatable bonds is 5. The molecule has 0 radical (unpaired) electrons. The molecule has 124 valence electrons. The normalized spacial score (nSPS) is 15.1. The van der Waals surface area contributed by atoms with E-state index in [4.69, 9.17) is 0 Å². The number of nitrogens with one attached hydrogen (secondary N) is 2. The number of benzene rings is 2. The lowest BCUT2D eigenvalue weighted by molar-refractivity contribution is -0.121. The second-order valence-electron chi connectivity index (χ2n) is 6.98. The van der Waals surface area contributed by atoms with Crippen molar-refractivity contribution < 1.29 is 4.79 Å². The fourth-order valence-corrected chi connectivity index (χ4v) is 3.21. The van der Waals surface area contributed by atoms with Crippen LogP contribution in [0.25, 0.3) is 10.8 Å². The number of nitrogens with zero attached hydrogens (tertiary/aromatic N) is 1. The van der Waals surface area contributed by atoms with Gasteiger partial charge in [0.25, 0.3) is 0 Å². The highest BCUT2D eigenvalue weighted by Crippen LogP contribution is 2.34. The molecule has 0 heterocycles. The Kier molecular flexibility index (Phi) is 4.19. The van der Waals surface area contributed by atoms with Crippen molar-refractivity contribution >= 4 is 22.4 Å². The molecule has 0 aromatic heterocycles. The maximum Gasteiger partial charge on any atom is 0.240 e. The summed E-state index contributed by atoms with van der Waals surface area (Å²) in [4.78, 5) is 12.3. The summed E-state index contributed by atoms with van der Waals surface area (Å²) in [6.45, 7) is 5.78. The maximum atomic E-state index is 12.3. The highest BCUT2D eigenvalue weighted by molar-refractivity contribution is 6.00. The van der Waals surface area contributed by atoms with E-state index >= 15 is 0 Å². The molecule has 2 aromatic rings. The minimum atomic E-state index is -0.846. The van der Waals surface area contributed by atoms with E-state index in [1.165, 1.54) is 21.9 Å². The quantitative estimate of drug-likeness (QED) is 0.887. The van der Waals surface area contributed by atoms with E-state index in [-0.39, 0.29) is 18.4 Å². The van der Waals surface area contributed by atoms with Gasteiger partial charge in [0.15, 0.2) is 0 Å². The third-order valence-electron chi connectivity index (χ3n) is 5.10. The molecule has 0 aliphatic heterocycles. The second kappa shape index (κ2) is 6.16. The number of hydrogen-bond donors (Lipinski definition) is 2. The van der Waals surface area contributed by atoms with Crippen LogP contribution in [-0.4, -0.2) is 18.0 Å². The van der Waals surface area contributed by atoms with Crippen molar-refractivity contribution in [1.82, 2.24) is 5.32 Å². The summed E-state index contributed by atoms with van der Waals surface area (Å²) in [5, 5.41) is 17.9. The lowest BCUT2D eigenvalue weighted by Gasteiger charge is -2.27. The molecule has 24 heavy (non-hydrogen) atoms. The van der Waals surface area contributed by atoms with Gasteiger partial charge >= 0.3 is 0 Å². The summed E-state index contributed by atoms with van der Waals surface area (Å²) < 4.78 is 0. The zero-order valence-electron chi connectivity index (χ0n) is 14.4. The van der Waals surface area contributed by atoms with Crippen molar-refractivity contribution in [3.8, 4) is 6.07 Å². The topological polar surface area (TPSA) is 64.9 Å². The van der Waals surface area contributed by atoms with Gasteiger partial charge in [-0.3, -0.25) is 4.79 Å². The maximum absolute atomic E-state index is 12.3. The van der Waals surface area contributed by atoms with Crippen molar-refractivity contribution in [2.24, 2.45) is 5.92 Å². The van der Waals surface area contributed by atoms with E-state index in [0.29, 0.717) is 0 Å². The molecule has 2 aromatic carbocycles. The Morgan fingerprint density at radius 3 is 2.62 bits per heavy atom. The SMILES string of the molecule is CC(C)C(C)(C#N)NC(=O)CNc1ccc2c3c(cccc13)CC2. The van der Waals surface area contributed by atoms with Gasteiger partial charge in [-0.25, -0.2) is 0 Å². The lowest BCUT2D eigenvalue weighted by atomic mass is 9.90. The summed E-state index contributed by atoms with van der Waals surface area (Å²) in [6.07, 6.45) is 2.18. The minimum absolute atomic E-state index is 0.0447. The first kappa shape index (κ1) is 16.3. The van der Waals surface area contributed by atoms with Crippen LogP contribution in [0.3, 0.4) is 0 Å². The van der Waals surface area contributed by atoms with E-state index in [1.54, 1.807) is 6.92 Å². The highest BCUT2D eigenvalue weighted by Gasteiger charge is 2.29. The Labute approximate surface area is 142 Å². The molecule has 0 spiro atoms. The van der Waals surface area contributed by atoms with Gasteiger partial charge in [0.2, 0.25) is 5.91 Å². The standard InChI is InChI=1S/C20H23N3O/c1-13(2)20(3,12-21)23-18(24)11-22-17-10-9-15-8-7-14-5-4-6-16(17)19(14)15/h4-6,9-10,13,22H,7-8,11H2,1-3H3,(H,23,24). The molecule has 0 fully saturated rings. The predicted molar refractivity (Wildman–Crippen MR) is 96.8 cm³/mol. The summed E-state index contributed by atoms with van der Waals surface area (Å²) in [7, 11) is 0. The average molecular weight is 321 g/mol. The number of carbonyl (C=O) groups excluding carboxylic acids is 1. The molecular weight excluding hydrogens is 298 g/mol. The summed E-state index contributed by atoms with van der Waals surface area (Å²) in [6, 6.07) is 12.7. The summed E-state index contributed by atoms with van der Waals surface area (Å²) in [5.41, 5.74) is 2.89. The molecule has 1 aliphatic carbocycles. The van der Waals surface area contributed by atoms with E-state index < -0.39 is 5.54 Å². The van der Waals surface area contributed by atoms with Crippen LogP contribution in [0.5, 0.6) is 0 Å². The zero-order chi connectivity index (χ0) is 17.3. The Bertz CT molecular complexity index is 824. The van der Waals surface area contributed by atoms with Crippen LogP contribution < -0.4 is 10.6 Å². The Balaban J connectivity index is 1.76. The van der Waals surface area contributed by atoms with Gasteiger partial charge in [-0.1, -0.05) is 38.1 Å². The van der Waals surface area contributed by atoms with Crippen molar-refractivity contribution in [3.63, 3.8) is 0 Å². The third-order valence-corrected chi connectivity index (χ3v) is 5.10. The molecule has 0 saturated heterocycles. The van der Waals surface area contributed by atoms with Crippen LogP contribution in [0.15, 0.2) is 30.3 Å². The van der Waals surface area contributed by atoms with Gasteiger partial charge in [-0.2, -0.15) is 5.26 Å². The van der Waals surface area contributed by atoms with Crippen molar-refractivity contribution in [3.05, 3.63) is 41.5 Å². The Morgan fingerprint density at radius 1 is 1.25 bits per heavy atom. The summed E-state index contributed by atoms with van der Waals surface area (Å²) >= 11 is 0. The molecule has 4 nitrogen and oxygen atoms in total. The number of anilines is 1. The van der Waals surface area contributed by atoms with E-state index in [2.05, 4.69) is 41.0 Å². The Morgan fingerprint density at radius 2 is 1.96 bits per heavy atom. The van der Waals surface area contributed by atoms with Crippen LogP contribution in [0.4, 0.5) is 5.69 Å². The molecule has 1 aliphatic rings. The molecule has 1 amide bonds. The molecule has 2 N–H and O–H groups in total. The molecule has 4 heteroatoms. The number of carbonyl (C=O) groups is 1. The predicted octanol–water partition coefficient (Wildman–Crippen LogP) is 3.40. The zero-order valence-corrected chi connectivity index (χ0v) is 14.4. The number of nitriles is 1. The van der Waals surface area contributed by atoms with Crippen LogP contribution in [0.1, 0.15) is 31.9 Å². The number of hydrogen-bond acceptors (Lipinski definition) is 3. The third kappa shape index (κ3) is 2.82. The van der Waals surface area contributed by atoms with Crippen molar-refractivity contribution in [2.45, 2.75) is 39.2 Å². The monoisotopic (exact) mass is 321 g/mol. The first-order chi connectivity index (χ1) is 11.4. The second-order valence-corrected chi connectivity index (χ2v) is 6.98. The van der Waals surface area contributed by atoms with E-state index in [9.17, 15) is 10.1 Å². The fourth-order valence-electron chi connectivity index (χ4n) is 3.21. The molecule has 1 atom stereocenters. The van der Waals surface area contributed by atoms with E-state index in [0.717, 1.165) is 18.5 Å². The van der Waals surface area contributed by atoms with Crippen LogP contribution in [-0.2, 0) is 17.6 Å². The van der Waals surface area contributed by atoms with Gasteiger partial charge in [0.05, 0.1) is 12.6 Å². The highest BCUT2D eigenvalue weighted by atomic mass is 16.2. The van der Waals surface area contributed by atoms with Crippen LogP contribution >= 0.6 is 0 Å². The van der Waals surface area contributed by atoms with E-state index in [1.807, 2.05) is 19.9 Å². The van der Waals surface area contributed by atoms with Crippen molar-refractivity contribution in [1.29, 1.82) is 5.26 Å². The average Bonchev–Trinajstić information content (AvgIpc) is 2.99. The molecular formula is C20H23N3O. The van der Waals surface area contributed by atoms with Gasteiger partial charge < -0.3 is 10.6 Å². The van der Waals surface area contributed by atoms with Crippen LogP contribution in [0, 0.1) is 17.2 Å². The Hall–Kier alpha value is -2.54. The van der Waals surface area contributed by atoms with Gasteiger partial charge in [-0.05, 0) is 48.3 Å². The minimum Gasteiger partial charge on any atom is -0.376 e. The molecule has 1 unspecified atom stereocenters. The molecule has 0 saturated carbocycles. The first-order valence-corrected chi connectivity index (χ1v) is 8.44. The smallest absolute Gasteiger partial charge is 0.240 e. The lowest BCUT2D eigenvalue weighted by Crippen LogP contribution is -2.50. The van der Waals surface area contributed by atoms with Gasteiger partial charge in [0, 0.05) is 11.1 Å². The molecule has 3 rings (SSSR count). The summed E-state index contributed by atoms with van der Waals surface area (Å²) in [5.74, 6) is -0.126. The first-order valence-electron chi connectivity index (χ1n) is 8.44. The van der Waals surface area contributed by atoms with Gasteiger partial charge in [-0.15, -0.1) is 0 Å². The van der Waals surface area contributed by atoms with Gasteiger partial charge in [0.1, 0.15) is 5.54 Å².